The zero-order chi connectivity index (χ0) is 36.0. The molecule has 0 radical (unpaired) electrons. The number of nitrogens with zero attached hydrogens (tertiary/aromatic N) is 3. The zero-order valence-electron chi connectivity index (χ0n) is 27.9. The van der Waals surface area contributed by atoms with Crippen LogP contribution in [0.4, 0.5) is 5.13 Å². The van der Waals surface area contributed by atoms with E-state index < -0.39 is 17.7 Å². The van der Waals surface area contributed by atoms with Gasteiger partial charge < -0.3 is 14.6 Å². The zero-order valence-corrected chi connectivity index (χ0v) is 30.3. The lowest BCUT2D eigenvalue weighted by Crippen LogP contribution is -2.29. The molecule has 5 aromatic carbocycles. The molecule has 8 nitrogen and oxygen atoms in total. The lowest BCUT2D eigenvalue weighted by molar-refractivity contribution is -0.132. The maximum absolute atomic E-state index is 13.8. The molecule has 0 spiro atoms. The maximum atomic E-state index is 13.8. The Hall–Kier alpha value is -5.42. The number of hydrogen-bond donors (Lipinski definition) is 1. The molecule has 1 aromatic heterocycles. The van der Waals surface area contributed by atoms with Crippen LogP contribution in [0.5, 0.6) is 11.5 Å². The lowest BCUT2D eigenvalue weighted by Gasteiger charge is -2.22. The third kappa shape index (κ3) is 7.89. The Morgan fingerprint density at radius 1 is 0.808 bits per heavy atom. The summed E-state index contributed by atoms with van der Waals surface area (Å²) in [6.07, 6.45) is 0. The van der Waals surface area contributed by atoms with Gasteiger partial charge in [-0.05, 0) is 71.6 Å². The van der Waals surface area contributed by atoms with E-state index in [-0.39, 0.29) is 16.5 Å². The fourth-order valence-electron chi connectivity index (χ4n) is 5.78. The quantitative estimate of drug-likeness (QED) is 0.0435. The summed E-state index contributed by atoms with van der Waals surface area (Å²) in [6.45, 7) is 2.78. The fourth-order valence-corrected chi connectivity index (χ4v) is 7.93. The Balaban J connectivity index is 1.18. The minimum atomic E-state index is -0.977. The van der Waals surface area contributed by atoms with Crippen LogP contribution in [0.25, 0.3) is 5.76 Å². The fraction of sp³-hybridized carbons (Fsp3) is 0.122. The number of ketones is 1. The van der Waals surface area contributed by atoms with Crippen molar-refractivity contribution in [1.29, 1.82) is 0 Å². The predicted octanol–water partition coefficient (Wildman–Crippen LogP) is 9.58. The summed E-state index contributed by atoms with van der Waals surface area (Å²) in [7, 11) is 0. The first-order valence-corrected chi connectivity index (χ1v) is 18.6. The number of anilines is 1. The van der Waals surface area contributed by atoms with Crippen molar-refractivity contribution < 1.29 is 24.2 Å². The first-order valence-electron chi connectivity index (χ1n) is 16.4. The van der Waals surface area contributed by atoms with Crippen molar-refractivity contribution in [1.82, 2.24) is 10.2 Å². The number of rotatable bonds is 12. The molecule has 11 heteroatoms. The first kappa shape index (κ1) is 35.0. The molecule has 1 aliphatic heterocycles. The summed E-state index contributed by atoms with van der Waals surface area (Å²) >= 11 is 8.97. The number of amides is 1. The molecule has 1 aliphatic rings. The number of halogens is 1. The molecule has 1 atom stereocenters. The molecule has 1 saturated heterocycles. The minimum absolute atomic E-state index is 0.0585. The van der Waals surface area contributed by atoms with E-state index in [1.165, 1.54) is 28.0 Å². The van der Waals surface area contributed by atoms with Crippen LogP contribution in [-0.2, 0) is 28.6 Å². The second-order valence-electron chi connectivity index (χ2n) is 12.0. The molecule has 0 saturated carbocycles. The maximum Gasteiger partial charge on any atom is 0.301 e. The number of benzene rings is 5. The second kappa shape index (κ2) is 15.9. The van der Waals surface area contributed by atoms with Crippen LogP contribution >= 0.6 is 34.7 Å². The Morgan fingerprint density at radius 3 is 2.17 bits per heavy atom. The van der Waals surface area contributed by atoms with E-state index in [2.05, 4.69) is 16.3 Å². The summed E-state index contributed by atoms with van der Waals surface area (Å²) in [6, 6.07) is 38.3. The van der Waals surface area contributed by atoms with Crippen molar-refractivity contribution in [2.75, 3.05) is 4.90 Å². The number of thioether (sulfide) groups is 1. The van der Waals surface area contributed by atoms with Gasteiger partial charge in [0.05, 0.1) is 11.6 Å². The molecule has 0 bridgehead atoms. The number of Topliss-reactive ketones (excluding diaryl/α,β-unsaturated/α-hetero) is 1. The van der Waals surface area contributed by atoms with Gasteiger partial charge in [-0.2, -0.15) is 0 Å². The van der Waals surface area contributed by atoms with Crippen molar-refractivity contribution in [3.8, 4) is 11.5 Å². The van der Waals surface area contributed by atoms with Gasteiger partial charge in [-0.3, -0.25) is 14.5 Å². The minimum Gasteiger partial charge on any atom is -0.507 e. The van der Waals surface area contributed by atoms with Crippen LogP contribution in [0.3, 0.4) is 0 Å². The van der Waals surface area contributed by atoms with E-state index in [9.17, 15) is 14.7 Å². The topological polar surface area (TPSA) is 102 Å². The molecule has 6 aromatic rings. The molecule has 1 amide bonds. The van der Waals surface area contributed by atoms with Crippen molar-refractivity contribution in [2.45, 2.75) is 36.3 Å². The molecule has 1 unspecified atom stereocenters. The SMILES string of the molecule is Cc1cccc(COc2ccc(C(O)=C3C(=O)C(=O)N(c4nnc(SCc5ccccc5Cl)s4)C3c3ccc(OCc4ccccc4)cc3)cc2)c1. The van der Waals surface area contributed by atoms with Gasteiger partial charge in [-0.15, -0.1) is 10.2 Å². The Kier molecular flexibility index (Phi) is 10.7. The van der Waals surface area contributed by atoms with Crippen LogP contribution < -0.4 is 14.4 Å². The van der Waals surface area contributed by atoms with Crippen LogP contribution in [-0.4, -0.2) is 27.0 Å². The Labute approximate surface area is 314 Å². The first-order chi connectivity index (χ1) is 25.3. The molecule has 260 valence electrons. The number of aryl methyl sites for hydroxylation is 1. The van der Waals surface area contributed by atoms with Gasteiger partial charge in [0.15, 0.2) is 4.34 Å². The largest absolute Gasteiger partial charge is 0.507 e. The molecule has 1 N–H and O–H groups in total. The van der Waals surface area contributed by atoms with E-state index in [0.717, 1.165) is 22.3 Å². The molecule has 0 aliphatic carbocycles. The van der Waals surface area contributed by atoms with E-state index in [1.54, 1.807) is 48.5 Å². The highest BCUT2D eigenvalue weighted by Crippen LogP contribution is 2.44. The molecule has 7 rings (SSSR count). The summed E-state index contributed by atoms with van der Waals surface area (Å²) in [5, 5.41) is 21.2. The van der Waals surface area contributed by atoms with Crippen molar-refractivity contribution in [3.63, 3.8) is 0 Å². The van der Waals surface area contributed by atoms with Gasteiger partial charge in [0.2, 0.25) is 5.13 Å². The molecular formula is C41H32ClN3O5S2. The highest BCUT2D eigenvalue weighted by atomic mass is 35.5. The lowest BCUT2D eigenvalue weighted by atomic mass is 9.95. The van der Waals surface area contributed by atoms with Crippen LogP contribution in [0.1, 0.15) is 39.4 Å². The normalized spacial score (nSPS) is 15.2. The number of aliphatic hydroxyl groups is 1. The smallest absolute Gasteiger partial charge is 0.301 e. The van der Waals surface area contributed by atoms with Gasteiger partial charge in [-0.1, -0.05) is 125 Å². The molecule has 52 heavy (non-hydrogen) atoms. The van der Waals surface area contributed by atoms with Gasteiger partial charge in [-0.25, -0.2) is 0 Å². The van der Waals surface area contributed by atoms with Gasteiger partial charge >= 0.3 is 5.91 Å². The number of carbonyl (C=O) groups excluding carboxylic acids is 2. The summed E-state index contributed by atoms with van der Waals surface area (Å²) < 4.78 is 12.6. The highest BCUT2D eigenvalue weighted by Gasteiger charge is 2.48. The van der Waals surface area contributed by atoms with Gasteiger partial charge in [0.1, 0.15) is 30.5 Å². The Bertz CT molecular complexity index is 2240. The standard InChI is InChI=1S/C41H32ClN3O5S2/c1-26-8-7-11-28(22-26)24-50-33-20-16-30(17-21-33)37(46)35-36(29-14-18-32(19-15-29)49-23-27-9-3-2-4-10-27)45(39(48)38(35)47)40-43-44-41(52-40)51-25-31-12-5-6-13-34(31)42/h2-22,36,46H,23-25H2,1H3. The average molecular weight is 746 g/mol. The van der Waals surface area contributed by atoms with Crippen LogP contribution in [0.15, 0.2) is 137 Å². The van der Waals surface area contributed by atoms with Crippen molar-refractivity contribution in [3.05, 3.63) is 171 Å². The summed E-state index contributed by atoms with van der Waals surface area (Å²) in [4.78, 5) is 28.9. The summed E-state index contributed by atoms with van der Waals surface area (Å²) in [5.41, 5.74) is 5.02. The monoisotopic (exact) mass is 745 g/mol. The summed E-state index contributed by atoms with van der Waals surface area (Å²) in [5.74, 6) is -0.193. The molecule has 1 fully saturated rings. The van der Waals surface area contributed by atoms with E-state index in [0.29, 0.717) is 51.0 Å². The molecule has 2 heterocycles. The second-order valence-corrected chi connectivity index (χ2v) is 14.6. The predicted molar refractivity (Wildman–Crippen MR) is 205 cm³/mol. The third-order valence-corrected chi connectivity index (χ3v) is 10.9. The van der Waals surface area contributed by atoms with Crippen molar-refractivity contribution >= 4 is 57.3 Å². The van der Waals surface area contributed by atoms with E-state index in [1.807, 2.05) is 79.7 Å². The van der Waals surface area contributed by atoms with Crippen molar-refractivity contribution in [2.24, 2.45) is 0 Å². The van der Waals surface area contributed by atoms with Crippen LogP contribution in [0.2, 0.25) is 5.02 Å². The number of hydrogen-bond acceptors (Lipinski definition) is 9. The van der Waals surface area contributed by atoms with E-state index >= 15 is 0 Å². The Morgan fingerprint density at radius 2 is 1.46 bits per heavy atom. The van der Waals surface area contributed by atoms with Gasteiger partial charge in [0, 0.05) is 16.3 Å². The molecular weight excluding hydrogens is 714 g/mol. The third-order valence-electron chi connectivity index (χ3n) is 8.42. The number of aliphatic hydroxyl groups excluding tert-OH is 1. The average Bonchev–Trinajstić information content (AvgIpc) is 3.74. The highest BCUT2D eigenvalue weighted by molar-refractivity contribution is 8.00. The number of carbonyl (C=O) groups is 2. The number of ether oxygens (including phenoxy) is 2. The van der Waals surface area contributed by atoms with Crippen LogP contribution in [0, 0.1) is 6.92 Å². The number of aromatic nitrogens is 2. The van der Waals surface area contributed by atoms with Gasteiger partial charge in [0.25, 0.3) is 5.78 Å². The van der Waals surface area contributed by atoms with E-state index in [4.69, 9.17) is 21.1 Å².